The number of amides is 2. The third kappa shape index (κ3) is 3.40. The third-order valence-corrected chi connectivity index (χ3v) is 3.65. The average molecular weight is 312 g/mol. The van der Waals surface area contributed by atoms with Crippen molar-refractivity contribution >= 4 is 11.8 Å². The lowest BCUT2D eigenvalue weighted by molar-refractivity contribution is -0.133. The Morgan fingerprint density at radius 2 is 1.61 bits per heavy atom. The molecule has 0 heterocycles. The lowest BCUT2D eigenvalue weighted by Crippen LogP contribution is -2.42. The molecule has 0 fully saturated rings. The Balaban J connectivity index is 2.35. The number of nitrogens with two attached hydrogens (primary N) is 1. The van der Waals surface area contributed by atoms with Crippen molar-refractivity contribution in [2.75, 3.05) is 6.54 Å². The van der Waals surface area contributed by atoms with Gasteiger partial charge in [0.2, 0.25) is 0 Å². The van der Waals surface area contributed by atoms with Gasteiger partial charge in [-0.3, -0.25) is 9.59 Å². The molecule has 0 aromatic heterocycles. The molecule has 0 bridgehead atoms. The smallest absolute Gasteiger partial charge is 0.258 e. The summed E-state index contributed by atoms with van der Waals surface area (Å²) in [6.07, 6.45) is 0.846. The van der Waals surface area contributed by atoms with Gasteiger partial charge in [0.1, 0.15) is 0 Å². The standard InChI is InChI=1S/C18H20N2O3/c1-2-12-20-16(21)13-8-10-15(11-9-13)18(23,17(19)22)14-6-4-3-5-7-14/h3-11,23H,2,12H2,1H3,(H2,19,22)(H,20,21). The Bertz CT molecular complexity index is 683. The summed E-state index contributed by atoms with van der Waals surface area (Å²) in [5.41, 5.74) is 4.67. The van der Waals surface area contributed by atoms with Crippen LogP contribution in [-0.4, -0.2) is 23.5 Å². The van der Waals surface area contributed by atoms with E-state index in [1.165, 1.54) is 0 Å². The number of nitrogens with one attached hydrogen (secondary N) is 1. The second kappa shape index (κ2) is 7.07. The molecular weight excluding hydrogens is 292 g/mol. The van der Waals surface area contributed by atoms with E-state index in [4.69, 9.17) is 5.73 Å². The van der Waals surface area contributed by atoms with Crippen LogP contribution >= 0.6 is 0 Å². The molecule has 0 aliphatic heterocycles. The normalized spacial score (nSPS) is 13.1. The van der Waals surface area contributed by atoms with Gasteiger partial charge in [-0.15, -0.1) is 0 Å². The van der Waals surface area contributed by atoms with Gasteiger partial charge in [-0.25, -0.2) is 0 Å². The van der Waals surface area contributed by atoms with E-state index in [0.29, 0.717) is 23.2 Å². The number of primary amides is 1. The Kier molecular flexibility index (Phi) is 5.13. The fourth-order valence-electron chi connectivity index (χ4n) is 2.33. The van der Waals surface area contributed by atoms with E-state index >= 15 is 0 Å². The molecule has 0 radical (unpaired) electrons. The highest BCUT2D eigenvalue weighted by atomic mass is 16.3. The maximum atomic E-state index is 11.9. The number of hydrogen-bond acceptors (Lipinski definition) is 3. The van der Waals surface area contributed by atoms with Crippen LogP contribution in [0.15, 0.2) is 54.6 Å². The summed E-state index contributed by atoms with van der Waals surface area (Å²) in [7, 11) is 0. The molecule has 0 spiro atoms. The van der Waals surface area contributed by atoms with Crippen LogP contribution in [0.2, 0.25) is 0 Å². The molecule has 2 amide bonds. The summed E-state index contributed by atoms with van der Waals surface area (Å²) in [6, 6.07) is 14.7. The first-order valence-corrected chi connectivity index (χ1v) is 7.46. The largest absolute Gasteiger partial charge is 0.372 e. The van der Waals surface area contributed by atoms with Crippen molar-refractivity contribution in [3.63, 3.8) is 0 Å². The van der Waals surface area contributed by atoms with E-state index in [9.17, 15) is 14.7 Å². The van der Waals surface area contributed by atoms with Gasteiger partial charge in [-0.2, -0.15) is 0 Å². The first-order chi connectivity index (χ1) is 11.0. The molecule has 0 aliphatic carbocycles. The lowest BCUT2D eigenvalue weighted by atomic mass is 9.85. The van der Waals surface area contributed by atoms with Crippen LogP contribution in [0.25, 0.3) is 0 Å². The Morgan fingerprint density at radius 1 is 1.04 bits per heavy atom. The topological polar surface area (TPSA) is 92.4 Å². The highest BCUT2D eigenvalue weighted by Gasteiger charge is 2.38. The number of carbonyl (C=O) groups is 2. The van der Waals surface area contributed by atoms with Crippen molar-refractivity contribution in [1.82, 2.24) is 5.32 Å². The van der Waals surface area contributed by atoms with E-state index in [1.54, 1.807) is 54.6 Å². The van der Waals surface area contributed by atoms with Crippen LogP contribution in [0.1, 0.15) is 34.8 Å². The summed E-state index contributed by atoms with van der Waals surface area (Å²) < 4.78 is 0. The molecule has 1 atom stereocenters. The predicted molar refractivity (Wildman–Crippen MR) is 87.7 cm³/mol. The van der Waals surface area contributed by atoms with E-state index in [2.05, 4.69) is 5.32 Å². The maximum absolute atomic E-state index is 11.9. The van der Waals surface area contributed by atoms with Crippen LogP contribution in [0.3, 0.4) is 0 Å². The summed E-state index contributed by atoms with van der Waals surface area (Å²) in [5.74, 6) is -1.06. The van der Waals surface area contributed by atoms with Crippen molar-refractivity contribution in [3.05, 3.63) is 71.3 Å². The molecule has 0 saturated heterocycles. The minimum absolute atomic E-state index is 0.194. The zero-order chi connectivity index (χ0) is 16.9. The number of aliphatic hydroxyl groups is 1. The zero-order valence-corrected chi connectivity index (χ0v) is 13.0. The average Bonchev–Trinajstić information content (AvgIpc) is 2.59. The van der Waals surface area contributed by atoms with Gasteiger partial charge in [-0.1, -0.05) is 49.4 Å². The van der Waals surface area contributed by atoms with Gasteiger partial charge in [0.05, 0.1) is 0 Å². The summed E-state index contributed by atoms with van der Waals surface area (Å²) >= 11 is 0. The lowest BCUT2D eigenvalue weighted by Gasteiger charge is -2.25. The molecule has 5 nitrogen and oxygen atoms in total. The first kappa shape index (κ1) is 16.7. The highest BCUT2D eigenvalue weighted by molar-refractivity contribution is 5.94. The van der Waals surface area contributed by atoms with Crippen molar-refractivity contribution in [3.8, 4) is 0 Å². The van der Waals surface area contributed by atoms with E-state index in [-0.39, 0.29) is 5.91 Å². The molecule has 2 aromatic carbocycles. The molecule has 0 aliphatic rings. The molecule has 23 heavy (non-hydrogen) atoms. The van der Waals surface area contributed by atoms with Gasteiger partial charge in [-0.05, 0) is 29.7 Å². The monoisotopic (exact) mass is 312 g/mol. The maximum Gasteiger partial charge on any atom is 0.258 e. The van der Waals surface area contributed by atoms with Gasteiger partial charge in [0.25, 0.3) is 11.8 Å². The number of carbonyl (C=O) groups excluding carboxylic acids is 2. The molecule has 4 N–H and O–H groups in total. The molecule has 5 heteroatoms. The minimum Gasteiger partial charge on any atom is -0.372 e. The van der Waals surface area contributed by atoms with Crippen molar-refractivity contribution < 1.29 is 14.7 Å². The summed E-state index contributed by atoms with van der Waals surface area (Å²) in [5, 5.41) is 13.6. The summed E-state index contributed by atoms with van der Waals surface area (Å²) in [4.78, 5) is 23.8. The van der Waals surface area contributed by atoms with Crippen molar-refractivity contribution in [2.45, 2.75) is 18.9 Å². The second-order valence-corrected chi connectivity index (χ2v) is 5.27. The molecule has 2 rings (SSSR count). The molecule has 2 aromatic rings. The number of rotatable bonds is 6. The first-order valence-electron chi connectivity index (χ1n) is 7.46. The van der Waals surface area contributed by atoms with E-state index < -0.39 is 11.5 Å². The third-order valence-electron chi connectivity index (χ3n) is 3.65. The fraction of sp³-hybridized carbons (Fsp3) is 0.222. The Labute approximate surface area is 135 Å². The second-order valence-electron chi connectivity index (χ2n) is 5.27. The van der Waals surface area contributed by atoms with E-state index in [0.717, 1.165) is 6.42 Å². The number of benzene rings is 2. The number of hydrogen-bond donors (Lipinski definition) is 3. The molecule has 1 unspecified atom stereocenters. The molecule has 120 valence electrons. The van der Waals surface area contributed by atoms with Crippen LogP contribution < -0.4 is 11.1 Å². The van der Waals surface area contributed by atoms with Crippen LogP contribution in [-0.2, 0) is 10.4 Å². The SMILES string of the molecule is CCCNC(=O)c1ccc(C(O)(C(N)=O)c2ccccc2)cc1. The summed E-state index contributed by atoms with van der Waals surface area (Å²) in [6.45, 7) is 2.56. The van der Waals surface area contributed by atoms with Crippen molar-refractivity contribution in [2.24, 2.45) is 5.73 Å². The Morgan fingerprint density at radius 3 is 2.13 bits per heavy atom. The Hall–Kier alpha value is -2.66. The van der Waals surface area contributed by atoms with Crippen LogP contribution in [0.5, 0.6) is 0 Å². The minimum atomic E-state index is -1.93. The zero-order valence-electron chi connectivity index (χ0n) is 13.0. The predicted octanol–water partition coefficient (Wildman–Crippen LogP) is 1.55. The highest BCUT2D eigenvalue weighted by Crippen LogP contribution is 2.29. The molecular formula is C18H20N2O3. The van der Waals surface area contributed by atoms with E-state index in [1.807, 2.05) is 6.92 Å². The van der Waals surface area contributed by atoms with Gasteiger partial charge < -0.3 is 16.2 Å². The fourth-order valence-corrected chi connectivity index (χ4v) is 2.33. The van der Waals surface area contributed by atoms with Gasteiger partial charge in [0, 0.05) is 12.1 Å². The van der Waals surface area contributed by atoms with Gasteiger partial charge in [0.15, 0.2) is 5.60 Å². The van der Waals surface area contributed by atoms with Crippen molar-refractivity contribution in [1.29, 1.82) is 0 Å². The van der Waals surface area contributed by atoms with Crippen LogP contribution in [0, 0.1) is 0 Å². The quantitative estimate of drug-likeness (QED) is 0.755. The van der Waals surface area contributed by atoms with Gasteiger partial charge >= 0.3 is 0 Å². The van der Waals surface area contributed by atoms with Crippen LogP contribution in [0.4, 0.5) is 0 Å². The molecule has 0 saturated carbocycles.